The van der Waals surface area contributed by atoms with E-state index in [1.807, 2.05) is 0 Å². The molecule has 0 amide bonds. The second-order valence-corrected chi connectivity index (χ2v) is 4.97. The minimum atomic E-state index is -0.936. The maximum Gasteiger partial charge on any atom is 0.303 e. The monoisotopic (exact) mass is 316 g/mol. The predicted octanol–water partition coefficient (Wildman–Crippen LogP) is 2.27. The zero-order chi connectivity index (χ0) is 14.9. The number of rotatable bonds is 4. The van der Waals surface area contributed by atoms with Gasteiger partial charge in [0.2, 0.25) is 0 Å². The highest BCUT2D eigenvalue weighted by molar-refractivity contribution is 6.39. The van der Waals surface area contributed by atoms with Crippen LogP contribution in [0.3, 0.4) is 0 Å². The average molecular weight is 317 g/mol. The fraction of sp³-hybridized carbons (Fsp3) is 0.250. The van der Waals surface area contributed by atoms with Gasteiger partial charge in [-0.25, -0.2) is 4.98 Å². The summed E-state index contributed by atoms with van der Waals surface area (Å²) in [5.41, 5.74) is -0.417. The van der Waals surface area contributed by atoms with Crippen LogP contribution in [0.1, 0.15) is 12.8 Å². The van der Waals surface area contributed by atoms with E-state index in [-0.39, 0.29) is 39.7 Å². The van der Waals surface area contributed by atoms with Crippen molar-refractivity contribution < 1.29 is 15.0 Å². The molecular weight excluding hydrogens is 307 g/mol. The van der Waals surface area contributed by atoms with Crippen molar-refractivity contribution in [3.05, 3.63) is 32.8 Å². The zero-order valence-corrected chi connectivity index (χ0v) is 11.6. The van der Waals surface area contributed by atoms with Gasteiger partial charge in [-0.15, -0.1) is 0 Å². The van der Waals surface area contributed by atoms with Crippen LogP contribution in [-0.4, -0.2) is 25.7 Å². The molecular formula is C12H10Cl2N2O4. The number of benzene rings is 1. The van der Waals surface area contributed by atoms with Gasteiger partial charge in [-0.3, -0.25) is 14.2 Å². The first-order valence-electron chi connectivity index (χ1n) is 5.69. The summed E-state index contributed by atoms with van der Waals surface area (Å²) in [5, 5.41) is 18.5. The van der Waals surface area contributed by atoms with Gasteiger partial charge in [0.25, 0.3) is 5.56 Å². The van der Waals surface area contributed by atoms with Crippen LogP contribution < -0.4 is 5.56 Å². The molecule has 0 unspecified atom stereocenters. The minimum Gasteiger partial charge on any atom is -0.504 e. The van der Waals surface area contributed by atoms with E-state index in [1.54, 1.807) is 0 Å². The van der Waals surface area contributed by atoms with Crippen LogP contribution in [0.4, 0.5) is 0 Å². The van der Waals surface area contributed by atoms with Crippen molar-refractivity contribution in [1.82, 2.24) is 9.55 Å². The van der Waals surface area contributed by atoms with Crippen molar-refractivity contribution >= 4 is 40.1 Å². The van der Waals surface area contributed by atoms with Gasteiger partial charge in [-0.05, 0) is 12.5 Å². The Bertz CT molecular complexity index is 742. The smallest absolute Gasteiger partial charge is 0.303 e. The summed E-state index contributed by atoms with van der Waals surface area (Å²) in [7, 11) is 0. The van der Waals surface area contributed by atoms with Gasteiger partial charge >= 0.3 is 5.97 Å². The first-order chi connectivity index (χ1) is 9.41. The van der Waals surface area contributed by atoms with Gasteiger partial charge in [0.1, 0.15) is 5.52 Å². The van der Waals surface area contributed by atoms with Crippen molar-refractivity contribution in [2.45, 2.75) is 19.4 Å². The van der Waals surface area contributed by atoms with E-state index in [2.05, 4.69) is 4.98 Å². The number of phenolic OH excluding ortho intramolecular Hbond substituents is 1. The second-order valence-electron chi connectivity index (χ2n) is 4.15. The number of phenols is 1. The molecule has 2 rings (SSSR count). The maximum absolute atomic E-state index is 12.2. The molecule has 1 aromatic heterocycles. The molecule has 0 saturated heterocycles. The third-order valence-corrected chi connectivity index (χ3v) is 3.36. The van der Waals surface area contributed by atoms with Crippen LogP contribution >= 0.6 is 23.2 Å². The molecule has 20 heavy (non-hydrogen) atoms. The quantitative estimate of drug-likeness (QED) is 0.902. The largest absolute Gasteiger partial charge is 0.504 e. The Balaban J connectivity index is 2.49. The number of carbonyl (C=O) groups is 1. The Morgan fingerprint density at radius 1 is 1.35 bits per heavy atom. The molecule has 0 aliphatic carbocycles. The number of aromatic nitrogens is 2. The number of halogens is 2. The minimum absolute atomic E-state index is 0.0121. The number of hydrogen-bond acceptors (Lipinski definition) is 4. The van der Waals surface area contributed by atoms with Gasteiger partial charge in [0.05, 0.1) is 21.8 Å². The Labute approximate surface area is 123 Å². The molecule has 0 fully saturated rings. The van der Waals surface area contributed by atoms with Gasteiger partial charge in [0, 0.05) is 13.0 Å². The fourth-order valence-corrected chi connectivity index (χ4v) is 2.34. The van der Waals surface area contributed by atoms with Crippen molar-refractivity contribution in [2.24, 2.45) is 0 Å². The number of fused-ring (bicyclic) bond motifs is 1. The molecule has 1 heterocycles. The topological polar surface area (TPSA) is 92.4 Å². The predicted molar refractivity (Wildman–Crippen MR) is 74.6 cm³/mol. The number of aryl methyl sites for hydroxylation is 1. The molecule has 6 nitrogen and oxygen atoms in total. The van der Waals surface area contributed by atoms with Crippen LogP contribution in [-0.2, 0) is 11.3 Å². The van der Waals surface area contributed by atoms with Crippen LogP contribution in [0.5, 0.6) is 5.75 Å². The highest BCUT2D eigenvalue weighted by atomic mass is 35.5. The Morgan fingerprint density at radius 2 is 2.05 bits per heavy atom. The van der Waals surface area contributed by atoms with Crippen LogP contribution in [0.2, 0.25) is 10.0 Å². The van der Waals surface area contributed by atoms with E-state index >= 15 is 0 Å². The highest BCUT2D eigenvalue weighted by Crippen LogP contribution is 2.34. The lowest BCUT2D eigenvalue weighted by atomic mass is 10.2. The number of carboxylic acid groups (broad SMARTS) is 1. The van der Waals surface area contributed by atoms with Crippen molar-refractivity contribution in [3.63, 3.8) is 0 Å². The van der Waals surface area contributed by atoms with E-state index < -0.39 is 11.5 Å². The summed E-state index contributed by atoms with van der Waals surface area (Å²) in [6.07, 6.45) is 1.47. The van der Waals surface area contributed by atoms with E-state index in [9.17, 15) is 14.7 Å². The Kier molecular flexibility index (Phi) is 4.15. The zero-order valence-electron chi connectivity index (χ0n) is 10.1. The molecule has 0 radical (unpaired) electrons. The van der Waals surface area contributed by atoms with Crippen molar-refractivity contribution in [2.75, 3.05) is 0 Å². The first-order valence-corrected chi connectivity index (χ1v) is 6.45. The molecule has 0 aliphatic rings. The summed E-state index contributed by atoms with van der Waals surface area (Å²) in [6, 6.07) is 1.27. The summed E-state index contributed by atoms with van der Waals surface area (Å²) < 4.78 is 1.25. The summed E-state index contributed by atoms with van der Waals surface area (Å²) >= 11 is 11.7. The van der Waals surface area contributed by atoms with Gasteiger partial charge in [-0.1, -0.05) is 23.2 Å². The number of nitrogens with zero attached hydrogens (tertiary/aromatic N) is 2. The Morgan fingerprint density at radius 3 is 2.70 bits per heavy atom. The van der Waals surface area contributed by atoms with Gasteiger partial charge < -0.3 is 10.2 Å². The van der Waals surface area contributed by atoms with Crippen molar-refractivity contribution in [1.29, 1.82) is 0 Å². The van der Waals surface area contributed by atoms with Crippen LogP contribution in [0.15, 0.2) is 17.2 Å². The normalized spacial score (nSPS) is 10.9. The summed E-state index contributed by atoms with van der Waals surface area (Å²) in [5.74, 6) is -1.24. The lowest BCUT2D eigenvalue weighted by Gasteiger charge is -2.08. The third-order valence-electron chi connectivity index (χ3n) is 2.77. The van der Waals surface area contributed by atoms with E-state index in [0.717, 1.165) is 0 Å². The highest BCUT2D eigenvalue weighted by Gasteiger charge is 2.15. The van der Waals surface area contributed by atoms with Crippen LogP contribution in [0, 0.1) is 0 Å². The second kappa shape index (κ2) is 5.68. The molecule has 0 bridgehead atoms. The van der Waals surface area contributed by atoms with Gasteiger partial charge in [0.15, 0.2) is 5.75 Å². The summed E-state index contributed by atoms with van der Waals surface area (Å²) in [6.45, 7) is 0.202. The number of carboxylic acids is 1. The standard InChI is InChI=1S/C12H10Cl2N2O4/c13-6-4-7(14)11(19)10-9(6)12(20)16(5-15-10)3-1-2-8(17)18/h4-5,19H,1-3H2,(H,17,18). The van der Waals surface area contributed by atoms with E-state index in [0.29, 0.717) is 6.42 Å². The molecule has 0 aliphatic heterocycles. The Hall–Kier alpha value is -1.79. The first kappa shape index (κ1) is 14.6. The number of hydrogen-bond donors (Lipinski definition) is 2. The summed E-state index contributed by atoms with van der Waals surface area (Å²) in [4.78, 5) is 26.6. The van der Waals surface area contributed by atoms with E-state index in [4.69, 9.17) is 28.3 Å². The van der Waals surface area contributed by atoms with E-state index in [1.165, 1.54) is 17.0 Å². The van der Waals surface area contributed by atoms with Crippen molar-refractivity contribution in [3.8, 4) is 5.75 Å². The fourth-order valence-electron chi connectivity index (χ4n) is 1.81. The third kappa shape index (κ3) is 2.71. The molecule has 1 aromatic carbocycles. The van der Waals surface area contributed by atoms with Gasteiger partial charge in [-0.2, -0.15) is 0 Å². The lowest BCUT2D eigenvalue weighted by molar-refractivity contribution is -0.137. The molecule has 8 heteroatoms. The lowest BCUT2D eigenvalue weighted by Crippen LogP contribution is -2.21. The molecule has 0 saturated carbocycles. The number of aliphatic carboxylic acids is 1. The molecule has 0 atom stereocenters. The molecule has 106 valence electrons. The van der Waals surface area contributed by atoms with Crippen LogP contribution in [0.25, 0.3) is 10.9 Å². The SMILES string of the molecule is O=C(O)CCCn1cnc2c(O)c(Cl)cc(Cl)c2c1=O. The molecule has 2 N–H and O–H groups in total. The molecule has 0 spiro atoms. The molecule has 2 aromatic rings. The average Bonchev–Trinajstić information content (AvgIpc) is 2.37. The number of aromatic hydroxyl groups is 1. The maximum atomic E-state index is 12.2.